The first-order valence-electron chi connectivity index (χ1n) is 6.52. The van der Waals surface area contributed by atoms with Gasteiger partial charge in [-0.1, -0.05) is 24.3 Å². The number of rotatable bonds is 3. The fourth-order valence-corrected chi connectivity index (χ4v) is 2.53. The largest absolute Gasteiger partial charge is 0.380 e. The number of ether oxygens (including phenoxy) is 1. The number of nitrogens with zero attached hydrogens (tertiary/aromatic N) is 2. The first-order valence-corrected chi connectivity index (χ1v) is 6.52. The van der Waals surface area contributed by atoms with Crippen molar-refractivity contribution in [2.45, 2.75) is 13.5 Å². The zero-order chi connectivity index (χ0) is 14.1. The predicted molar refractivity (Wildman–Crippen MR) is 80.9 cm³/mol. The SMILES string of the molecule is COCc1cccc(-n2c(N)nc3cccc(C)c32)c1. The molecule has 2 N–H and O–H groups in total. The third-order valence-corrected chi connectivity index (χ3v) is 3.38. The number of nitrogens with two attached hydrogens (primary N) is 1. The lowest BCUT2D eigenvalue weighted by molar-refractivity contribution is 0.185. The summed E-state index contributed by atoms with van der Waals surface area (Å²) in [5.74, 6) is 0.504. The molecule has 3 aromatic rings. The molecule has 20 heavy (non-hydrogen) atoms. The fourth-order valence-electron chi connectivity index (χ4n) is 2.53. The molecule has 3 rings (SSSR count). The van der Waals surface area contributed by atoms with Crippen molar-refractivity contribution in [3.8, 4) is 5.69 Å². The van der Waals surface area contributed by atoms with Crippen molar-refractivity contribution in [2.24, 2.45) is 0 Å². The van der Waals surface area contributed by atoms with Crippen LogP contribution in [0.4, 0.5) is 5.95 Å². The molecule has 0 saturated carbocycles. The number of aromatic nitrogens is 2. The van der Waals surface area contributed by atoms with Gasteiger partial charge in [-0.15, -0.1) is 0 Å². The minimum absolute atomic E-state index is 0.504. The summed E-state index contributed by atoms with van der Waals surface area (Å²) in [6, 6.07) is 14.2. The maximum Gasteiger partial charge on any atom is 0.205 e. The Labute approximate surface area is 117 Å². The molecule has 1 aromatic heterocycles. The van der Waals surface area contributed by atoms with Crippen molar-refractivity contribution < 1.29 is 4.74 Å². The van der Waals surface area contributed by atoms with Crippen molar-refractivity contribution in [3.05, 3.63) is 53.6 Å². The van der Waals surface area contributed by atoms with Crippen LogP contribution in [-0.2, 0) is 11.3 Å². The number of hydrogen-bond donors (Lipinski definition) is 1. The Kier molecular flexibility index (Phi) is 3.16. The Hall–Kier alpha value is -2.33. The molecule has 0 aliphatic carbocycles. The van der Waals surface area contributed by atoms with Crippen LogP contribution in [0, 0.1) is 6.92 Å². The van der Waals surface area contributed by atoms with Gasteiger partial charge in [-0.05, 0) is 36.2 Å². The lowest BCUT2D eigenvalue weighted by atomic mass is 10.1. The Balaban J connectivity index is 2.24. The summed E-state index contributed by atoms with van der Waals surface area (Å²) in [5.41, 5.74) is 11.3. The number of benzene rings is 2. The average molecular weight is 267 g/mol. The molecule has 0 atom stereocenters. The molecule has 0 fully saturated rings. The highest BCUT2D eigenvalue weighted by atomic mass is 16.5. The molecule has 0 radical (unpaired) electrons. The Bertz CT molecular complexity index is 762. The molecular formula is C16H17N3O. The summed E-state index contributed by atoms with van der Waals surface area (Å²) in [5, 5.41) is 0. The van der Waals surface area contributed by atoms with E-state index in [1.54, 1.807) is 7.11 Å². The number of anilines is 1. The van der Waals surface area contributed by atoms with Crippen molar-refractivity contribution in [3.63, 3.8) is 0 Å². The molecule has 102 valence electrons. The molecule has 0 saturated heterocycles. The van der Waals surface area contributed by atoms with Gasteiger partial charge in [0, 0.05) is 12.8 Å². The first kappa shape index (κ1) is 12.7. The highest BCUT2D eigenvalue weighted by Gasteiger charge is 2.12. The minimum Gasteiger partial charge on any atom is -0.380 e. The zero-order valence-corrected chi connectivity index (χ0v) is 11.6. The Morgan fingerprint density at radius 1 is 1.20 bits per heavy atom. The van der Waals surface area contributed by atoms with Crippen molar-refractivity contribution in [2.75, 3.05) is 12.8 Å². The molecule has 0 aliphatic heterocycles. The summed E-state index contributed by atoms with van der Waals surface area (Å²) in [4.78, 5) is 4.44. The van der Waals surface area contributed by atoms with E-state index in [1.165, 1.54) is 0 Å². The van der Waals surface area contributed by atoms with Crippen LogP contribution >= 0.6 is 0 Å². The van der Waals surface area contributed by atoms with E-state index < -0.39 is 0 Å². The Morgan fingerprint density at radius 2 is 2.00 bits per heavy atom. The number of nitrogen functional groups attached to an aromatic ring is 1. The third kappa shape index (κ3) is 2.04. The van der Waals surface area contributed by atoms with Crippen LogP contribution in [0.3, 0.4) is 0 Å². The molecule has 4 heteroatoms. The molecule has 0 spiro atoms. The highest BCUT2D eigenvalue weighted by molar-refractivity contribution is 5.83. The maximum absolute atomic E-state index is 6.10. The van der Waals surface area contributed by atoms with Gasteiger partial charge in [-0.2, -0.15) is 0 Å². The molecule has 0 amide bonds. The molecule has 0 aliphatic rings. The van der Waals surface area contributed by atoms with E-state index in [9.17, 15) is 0 Å². The maximum atomic E-state index is 6.10. The lowest BCUT2D eigenvalue weighted by Gasteiger charge is -2.10. The number of imidazole rings is 1. The predicted octanol–water partition coefficient (Wildman–Crippen LogP) is 3.06. The third-order valence-electron chi connectivity index (χ3n) is 3.38. The molecule has 4 nitrogen and oxygen atoms in total. The van der Waals surface area contributed by atoms with Crippen LogP contribution in [0.15, 0.2) is 42.5 Å². The van der Waals surface area contributed by atoms with Crippen molar-refractivity contribution in [1.29, 1.82) is 0 Å². The number of fused-ring (bicyclic) bond motifs is 1. The van der Waals surface area contributed by atoms with E-state index in [2.05, 4.69) is 24.0 Å². The average Bonchev–Trinajstić information content (AvgIpc) is 2.77. The molecule has 0 unspecified atom stereocenters. The van der Waals surface area contributed by atoms with Crippen LogP contribution in [0.5, 0.6) is 0 Å². The van der Waals surface area contributed by atoms with Gasteiger partial charge in [0.15, 0.2) is 0 Å². The first-order chi connectivity index (χ1) is 9.70. The van der Waals surface area contributed by atoms with Gasteiger partial charge >= 0.3 is 0 Å². The smallest absolute Gasteiger partial charge is 0.205 e. The lowest BCUT2D eigenvalue weighted by Crippen LogP contribution is -2.02. The summed E-state index contributed by atoms with van der Waals surface area (Å²) in [6.45, 7) is 2.65. The van der Waals surface area contributed by atoms with Gasteiger partial charge in [-0.25, -0.2) is 4.98 Å². The van der Waals surface area contributed by atoms with E-state index in [0.717, 1.165) is 27.8 Å². The minimum atomic E-state index is 0.504. The fraction of sp³-hybridized carbons (Fsp3) is 0.188. The molecule has 1 heterocycles. The second-order valence-corrected chi connectivity index (χ2v) is 4.85. The van der Waals surface area contributed by atoms with Gasteiger partial charge in [0.05, 0.1) is 17.6 Å². The summed E-state index contributed by atoms with van der Waals surface area (Å²) in [6.07, 6.45) is 0. The second-order valence-electron chi connectivity index (χ2n) is 4.85. The summed E-state index contributed by atoms with van der Waals surface area (Å²) < 4.78 is 7.18. The zero-order valence-electron chi connectivity index (χ0n) is 11.6. The van der Waals surface area contributed by atoms with E-state index in [4.69, 9.17) is 10.5 Å². The van der Waals surface area contributed by atoms with Crippen LogP contribution in [0.25, 0.3) is 16.7 Å². The second kappa shape index (κ2) is 4.98. The van der Waals surface area contributed by atoms with Crippen molar-refractivity contribution >= 4 is 17.0 Å². The van der Waals surface area contributed by atoms with Gasteiger partial charge in [0.25, 0.3) is 0 Å². The van der Waals surface area contributed by atoms with E-state index >= 15 is 0 Å². The topological polar surface area (TPSA) is 53.1 Å². The highest BCUT2D eigenvalue weighted by Crippen LogP contribution is 2.26. The summed E-state index contributed by atoms with van der Waals surface area (Å²) in [7, 11) is 1.69. The normalized spacial score (nSPS) is 11.1. The van der Waals surface area contributed by atoms with Crippen LogP contribution < -0.4 is 5.73 Å². The van der Waals surface area contributed by atoms with Crippen LogP contribution in [-0.4, -0.2) is 16.7 Å². The van der Waals surface area contributed by atoms with Crippen LogP contribution in [0.2, 0.25) is 0 Å². The number of methoxy groups -OCH3 is 1. The van der Waals surface area contributed by atoms with Gasteiger partial charge in [0.1, 0.15) is 0 Å². The number of hydrogen-bond acceptors (Lipinski definition) is 3. The molecular weight excluding hydrogens is 250 g/mol. The van der Waals surface area contributed by atoms with E-state index in [1.807, 2.05) is 34.9 Å². The van der Waals surface area contributed by atoms with E-state index in [0.29, 0.717) is 12.6 Å². The van der Waals surface area contributed by atoms with Gasteiger partial charge < -0.3 is 10.5 Å². The standard InChI is InChI=1S/C16H17N3O/c1-11-5-3-8-14-15(11)19(16(17)18-14)13-7-4-6-12(9-13)10-20-2/h3-9H,10H2,1-2H3,(H2,17,18). The number of para-hydroxylation sites is 1. The summed E-state index contributed by atoms with van der Waals surface area (Å²) >= 11 is 0. The van der Waals surface area contributed by atoms with Crippen LogP contribution in [0.1, 0.15) is 11.1 Å². The quantitative estimate of drug-likeness (QED) is 0.793. The Morgan fingerprint density at radius 3 is 2.80 bits per heavy atom. The monoisotopic (exact) mass is 267 g/mol. The van der Waals surface area contributed by atoms with Gasteiger partial charge in [0.2, 0.25) is 5.95 Å². The van der Waals surface area contributed by atoms with Crippen molar-refractivity contribution in [1.82, 2.24) is 9.55 Å². The molecule has 2 aromatic carbocycles. The number of aryl methyl sites for hydroxylation is 1. The van der Waals surface area contributed by atoms with Gasteiger partial charge in [-0.3, -0.25) is 4.57 Å². The van der Waals surface area contributed by atoms with E-state index in [-0.39, 0.29) is 0 Å². The molecule has 0 bridgehead atoms.